The van der Waals surface area contributed by atoms with E-state index in [2.05, 4.69) is 31.6 Å². The summed E-state index contributed by atoms with van der Waals surface area (Å²) in [5, 5.41) is 11.2. The summed E-state index contributed by atoms with van der Waals surface area (Å²) in [5.74, 6) is -0.292. The Morgan fingerprint density at radius 2 is 1.82 bits per heavy atom. The summed E-state index contributed by atoms with van der Waals surface area (Å²) in [6.07, 6.45) is 1.85. The predicted molar refractivity (Wildman–Crippen MR) is 132 cm³/mol. The van der Waals surface area contributed by atoms with E-state index >= 15 is 0 Å². The van der Waals surface area contributed by atoms with Crippen molar-refractivity contribution in [3.05, 3.63) is 45.7 Å². The third kappa shape index (κ3) is 7.28. The number of nitrogens with one attached hydrogen (secondary N) is 1. The monoisotopic (exact) mass is 521 g/mol. The molecule has 0 saturated heterocycles. The van der Waals surface area contributed by atoms with Gasteiger partial charge in [0.1, 0.15) is 5.60 Å². The molecule has 0 fully saturated rings. The first-order chi connectivity index (χ1) is 15.3. The molecular weight excluding hydrogens is 486 g/mol. The Morgan fingerprint density at radius 3 is 2.39 bits per heavy atom. The third-order valence-electron chi connectivity index (χ3n) is 4.90. The molecule has 1 N–H and O–H groups in total. The van der Waals surface area contributed by atoms with Crippen LogP contribution in [0.2, 0.25) is 0 Å². The summed E-state index contributed by atoms with van der Waals surface area (Å²) in [6, 6.07) is 5.64. The molecule has 1 aromatic carbocycles. The van der Waals surface area contributed by atoms with Gasteiger partial charge in [0.25, 0.3) is 5.91 Å². The zero-order valence-corrected chi connectivity index (χ0v) is 22.5. The molecule has 2 aromatic rings. The Balaban J connectivity index is 0.00000187. The fourth-order valence-corrected chi connectivity index (χ4v) is 3.74. The van der Waals surface area contributed by atoms with E-state index in [4.69, 9.17) is 4.74 Å². The van der Waals surface area contributed by atoms with Gasteiger partial charge in [-0.3, -0.25) is 4.79 Å². The van der Waals surface area contributed by atoms with Crippen molar-refractivity contribution in [3.8, 4) is 0 Å². The van der Waals surface area contributed by atoms with Crippen molar-refractivity contribution in [3.63, 3.8) is 0 Å². The normalized spacial score (nSPS) is 16.2. The fourth-order valence-electron chi connectivity index (χ4n) is 3.34. The number of rotatable bonds is 2. The molecule has 0 aliphatic carbocycles. The lowest BCUT2D eigenvalue weighted by atomic mass is 9.99. The Kier molecular flexibility index (Phi) is 8.68. The van der Waals surface area contributed by atoms with Crippen LogP contribution in [0, 0.1) is 0 Å². The number of hydrogen-bond donors (Lipinski definition) is 1. The largest absolute Gasteiger partial charge is 0.444 e. The SMILES string of the molecule is CC.CC(C)(C)OC(=O)N1CCC(NC(=O)c2cn(C(C)(C)C)nn2)c2ccc(Br)cc2C1. The van der Waals surface area contributed by atoms with Crippen LogP contribution >= 0.6 is 15.9 Å². The van der Waals surface area contributed by atoms with Crippen molar-refractivity contribution in [2.24, 2.45) is 0 Å². The zero-order valence-electron chi connectivity index (χ0n) is 20.9. The molecule has 1 aliphatic heterocycles. The van der Waals surface area contributed by atoms with E-state index in [1.807, 2.05) is 73.6 Å². The number of aromatic nitrogens is 3. The van der Waals surface area contributed by atoms with Crippen LogP contribution in [-0.2, 0) is 16.8 Å². The summed E-state index contributed by atoms with van der Waals surface area (Å²) in [6.45, 7) is 16.4. The van der Waals surface area contributed by atoms with E-state index in [1.54, 1.807) is 15.8 Å². The number of ether oxygens (including phenoxy) is 1. The summed E-state index contributed by atoms with van der Waals surface area (Å²) in [4.78, 5) is 27.3. The van der Waals surface area contributed by atoms with Gasteiger partial charge in [-0.15, -0.1) is 5.10 Å². The minimum absolute atomic E-state index is 0.261. The molecule has 0 saturated carbocycles. The first-order valence-corrected chi connectivity index (χ1v) is 12.1. The first-order valence-electron chi connectivity index (χ1n) is 11.3. The highest BCUT2D eigenvalue weighted by atomic mass is 79.9. The van der Waals surface area contributed by atoms with Crippen molar-refractivity contribution in [2.75, 3.05) is 6.54 Å². The lowest BCUT2D eigenvalue weighted by Crippen LogP contribution is -2.37. The van der Waals surface area contributed by atoms with Gasteiger partial charge < -0.3 is 15.0 Å². The van der Waals surface area contributed by atoms with E-state index < -0.39 is 5.60 Å². The highest BCUT2D eigenvalue weighted by Gasteiger charge is 2.30. The van der Waals surface area contributed by atoms with E-state index in [0.717, 1.165) is 15.6 Å². The molecule has 1 atom stereocenters. The zero-order chi connectivity index (χ0) is 25.0. The van der Waals surface area contributed by atoms with E-state index in [9.17, 15) is 9.59 Å². The number of benzene rings is 1. The average Bonchev–Trinajstić information content (AvgIpc) is 3.15. The summed E-state index contributed by atoms with van der Waals surface area (Å²) < 4.78 is 8.15. The van der Waals surface area contributed by atoms with Crippen LogP contribution in [0.4, 0.5) is 4.79 Å². The Hall–Kier alpha value is -2.42. The van der Waals surface area contributed by atoms with Gasteiger partial charge in [0.05, 0.1) is 17.8 Å². The topological polar surface area (TPSA) is 89.4 Å². The van der Waals surface area contributed by atoms with Gasteiger partial charge in [-0.25, -0.2) is 9.48 Å². The third-order valence-corrected chi connectivity index (χ3v) is 5.39. The standard InChI is InChI=1S/C22H30BrN5O3.C2H6/c1-21(2,3)28-13-18(25-26-28)19(29)24-17-9-10-27(20(30)31-22(4,5)6)12-14-11-15(23)7-8-16(14)17;1-2/h7-8,11,13,17H,9-10,12H2,1-6H3,(H,24,29);1-2H3. The number of nitrogens with zero attached hydrogens (tertiary/aromatic N) is 4. The number of fused-ring (bicyclic) bond motifs is 1. The van der Waals surface area contributed by atoms with Crippen LogP contribution in [0.5, 0.6) is 0 Å². The number of carbonyl (C=O) groups excluding carboxylic acids is 2. The highest BCUT2D eigenvalue weighted by molar-refractivity contribution is 9.10. The summed E-state index contributed by atoms with van der Waals surface area (Å²) in [5.41, 5.74) is 1.37. The summed E-state index contributed by atoms with van der Waals surface area (Å²) in [7, 11) is 0. The smallest absolute Gasteiger partial charge is 0.410 e. The quantitative estimate of drug-likeness (QED) is 0.568. The lowest BCUT2D eigenvalue weighted by Gasteiger charge is -2.26. The van der Waals surface area contributed by atoms with Crippen molar-refractivity contribution in [1.29, 1.82) is 0 Å². The van der Waals surface area contributed by atoms with Gasteiger partial charge >= 0.3 is 6.09 Å². The fraction of sp³-hybridized carbons (Fsp3) is 0.583. The number of amides is 2. The average molecular weight is 522 g/mol. The Morgan fingerprint density at radius 1 is 1.15 bits per heavy atom. The highest BCUT2D eigenvalue weighted by Crippen LogP contribution is 2.30. The van der Waals surface area contributed by atoms with Gasteiger partial charge in [0, 0.05) is 17.6 Å². The molecule has 1 aromatic heterocycles. The molecular formula is C24H36BrN5O3. The van der Waals surface area contributed by atoms with E-state index in [-0.39, 0.29) is 29.3 Å². The van der Waals surface area contributed by atoms with Gasteiger partial charge in [0.15, 0.2) is 5.69 Å². The maximum Gasteiger partial charge on any atom is 0.410 e. The molecule has 2 heterocycles. The van der Waals surface area contributed by atoms with E-state index in [1.165, 1.54) is 0 Å². The van der Waals surface area contributed by atoms with Crippen LogP contribution < -0.4 is 5.32 Å². The predicted octanol–water partition coefficient (Wildman–Crippen LogP) is 5.43. The lowest BCUT2D eigenvalue weighted by molar-refractivity contribution is 0.0234. The molecule has 1 unspecified atom stereocenters. The van der Waals surface area contributed by atoms with Gasteiger partial charge in [-0.05, 0) is 71.2 Å². The maximum absolute atomic E-state index is 12.9. The molecule has 0 spiro atoms. The molecule has 33 heavy (non-hydrogen) atoms. The Bertz CT molecular complexity index is 975. The first kappa shape index (κ1) is 26.8. The Labute approximate surface area is 205 Å². The molecule has 2 amide bonds. The second kappa shape index (κ2) is 10.7. The molecule has 8 nitrogen and oxygen atoms in total. The van der Waals surface area contributed by atoms with Crippen LogP contribution in [0.3, 0.4) is 0 Å². The number of carbonyl (C=O) groups is 2. The van der Waals surface area contributed by atoms with Gasteiger partial charge in [0.2, 0.25) is 0 Å². The second-order valence-electron chi connectivity index (χ2n) is 9.78. The van der Waals surface area contributed by atoms with Gasteiger partial charge in [-0.2, -0.15) is 0 Å². The second-order valence-corrected chi connectivity index (χ2v) is 10.7. The number of halogens is 1. The molecule has 182 valence electrons. The van der Waals surface area contributed by atoms with Crippen LogP contribution in [0.1, 0.15) is 89.5 Å². The number of hydrogen-bond acceptors (Lipinski definition) is 5. The van der Waals surface area contributed by atoms with Crippen molar-refractivity contribution in [2.45, 2.75) is 85.5 Å². The van der Waals surface area contributed by atoms with Crippen LogP contribution in [0.15, 0.2) is 28.9 Å². The molecule has 0 bridgehead atoms. The van der Waals surface area contributed by atoms with Crippen LogP contribution in [0.25, 0.3) is 0 Å². The maximum atomic E-state index is 12.9. The van der Waals surface area contributed by atoms with Gasteiger partial charge in [-0.1, -0.05) is 41.1 Å². The van der Waals surface area contributed by atoms with E-state index in [0.29, 0.717) is 19.5 Å². The summed E-state index contributed by atoms with van der Waals surface area (Å²) >= 11 is 3.51. The van der Waals surface area contributed by atoms with Crippen molar-refractivity contribution < 1.29 is 14.3 Å². The minimum atomic E-state index is -0.573. The minimum Gasteiger partial charge on any atom is -0.444 e. The molecule has 1 aliphatic rings. The van der Waals surface area contributed by atoms with Crippen LogP contribution in [-0.4, -0.2) is 44.0 Å². The van der Waals surface area contributed by atoms with Crippen molar-refractivity contribution in [1.82, 2.24) is 25.2 Å². The molecule has 3 rings (SSSR count). The molecule has 9 heteroatoms. The molecule has 0 radical (unpaired) electrons. The van der Waals surface area contributed by atoms with Crippen molar-refractivity contribution >= 4 is 27.9 Å².